The molecule has 0 aromatic heterocycles. The highest BCUT2D eigenvalue weighted by molar-refractivity contribution is 5.98. The number of benzene rings is 4. The zero-order chi connectivity index (χ0) is 24.2. The lowest BCUT2D eigenvalue weighted by atomic mass is 9.95. The van der Waals surface area contributed by atoms with Gasteiger partial charge in [-0.05, 0) is 58.1 Å². The molecule has 0 unspecified atom stereocenters. The monoisotopic (exact) mass is 463 g/mol. The summed E-state index contributed by atoms with van der Waals surface area (Å²) in [7, 11) is 0. The van der Waals surface area contributed by atoms with Gasteiger partial charge < -0.3 is 10.6 Å². The molecular formula is C30H29N3O2. The Morgan fingerprint density at radius 2 is 1.51 bits per heavy atom. The van der Waals surface area contributed by atoms with Crippen LogP contribution in [-0.4, -0.2) is 23.3 Å². The predicted octanol–water partition coefficient (Wildman–Crippen LogP) is 5.68. The molecule has 5 rings (SSSR count). The highest BCUT2D eigenvalue weighted by atomic mass is 16.2. The van der Waals surface area contributed by atoms with E-state index in [9.17, 15) is 9.59 Å². The Bertz CT molecular complexity index is 1340. The van der Waals surface area contributed by atoms with Crippen molar-refractivity contribution in [2.75, 3.05) is 11.9 Å². The number of amides is 2. The van der Waals surface area contributed by atoms with Crippen LogP contribution in [0, 0.1) is 0 Å². The number of nitrogens with zero attached hydrogens (tertiary/aromatic N) is 1. The zero-order valence-corrected chi connectivity index (χ0v) is 19.8. The van der Waals surface area contributed by atoms with Gasteiger partial charge in [0.05, 0.1) is 12.6 Å². The van der Waals surface area contributed by atoms with Gasteiger partial charge in [0.25, 0.3) is 5.91 Å². The van der Waals surface area contributed by atoms with Gasteiger partial charge in [-0.15, -0.1) is 0 Å². The van der Waals surface area contributed by atoms with E-state index in [0.29, 0.717) is 12.1 Å². The van der Waals surface area contributed by atoms with E-state index in [0.717, 1.165) is 41.5 Å². The molecule has 4 aromatic carbocycles. The molecule has 1 aliphatic heterocycles. The maximum atomic E-state index is 12.9. The Morgan fingerprint density at radius 1 is 0.857 bits per heavy atom. The largest absolute Gasteiger partial charge is 0.345 e. The summed E-state index contributed by atoms with van der Waals surface area (Å²) in [4.78, 5) is 28.0. The van der Waals surface area contributed by atoms with Crippen LogP contribution in [0.25, 0.3) is 10.8 Å². The van der Waals surface area contributed by atoms with Gasteiger partial charge in [0.1, 0.15) is 0 Å². The third-order valence-electron chi connectivity index (χ3n) is 6.58. The molecule has 5 nitrogen and oxygen atoms in total. The SMILES string of the molecule is CC[C@@H](NC(=O)c1ccccc1)c1cc(NC(=O)CN2Cc3ccccc3C2)cc2ccccc12. The van der Waals surface area contributed by atoms with Crippen LogP contribution in [0.1, 0.15) is 46.4 Å². The molecule has 4 aromatic rings. The van der Waals surface area contributed by atoms with Gasteiger partial charge in [-0.1, -0.05) is 73.7 Å². The van der Waals surface area contributed by atoms with Crippen molar-refractivity contribution in [1.82, 2.24) is 10.2 Å². The van der Waals surface area contributed by atoms with Crippen molar-refractivity contribution in [3.05, 3.63) is 113 Å². The van der Waals surface area contributed by atoms with E-state index < -0.39 is 0 Å². The fourth-order valence-corrected chi connectivity index (χ4v) is 4.85. The third-order valence-corrected chi connectivity index (χ3v) is 6.58. The summed E-state index contributed by atoms with van der Waals surface area (Å²) in [6.07, 6.45) is 0.728. The van der Waals surface area contributed by atoms with E-state index in [-0.39, 0.29) is 17.9 Å². The first-order valence-electron chi connectivity index (χ1n) is 12.1. The molecule has 0 saturated heterocycles. The summed E-state index contributed by atoms with van der Waals surface area (Å²) in [5.74, 6) is -0.148. The first-order chi connectivity index (χ1) is 17.1. The fourth-order valence-electron chi connectivity index (χ4n) is 4.85. The van der Waals surface area contributed by atoms with Crippen LogP contribution >= 0.6 is 0 Å². The van der Waals surface area contributed by atoms with E-state index in [1.807, 2.05) is 72.8 Å². The molecule has 35 heavy (non-hydrogen) atoms. The Kier molecular flexibility index (Phi) is 6.59. The smallest absolute Gasteiger partial charge is 0.251 e. The minimum absolute atomic E-state index is 0.0413. The zero-order valence-electron chi connectivity index (χ0n) is 19.8. The molecule has 1 aliphatic rings. The first kappa shape index (κ1) is 22.8. The van der Waals surface area contributed by atoms with E-state index in [4.69, 9.17) is 0 Å². The third kappa shape index (κ3) is 5.10. The Hall–Kier alpha value is -3.96. The summed E-state index contributed by atoms with van der Waals surface area (Å²) < 4.78 is 0. The van der Waals surface area contributed by atoms with Crippen LogP contribution in [0.4, 0.5) is 5.69 Å². The normalized spacial score (nSPS) is 13.9. The Balaban J connectivity index is 1.36. The van der Waals surface area contributed by atoms with Gasteiger partial charge in [0.15, 0.2) is 0 Å². The minimum atomic E-state index is -0.183. The standard InChI is InChI=1S/C30H29N3O2/c1-2-28(32-30(35)21-10-4-3-5-11-21)27-17-25(16-22-12-8-9-15-26(22)27)31-29(34)20-33-18-23-13-6-7-14-24(23)19-33/h3-17,28H,2,18-20H2,1H3,(H,31,34)(H,32,35)/t28-/m1/s1. The molecule has 2 amide bonds. The van der Waals surface area contributed by atoms with Gasteiger partial charge >= 0.3 is 0 Å². The van der Waals surface area contributed by atoms with Crippen LogP contribution in [0.5, 0.6) is 0 Å². The van der Waals surface area contributed by atoms with Crippen molar-refractivity contribution < 1.29 is 9.59 Å². The van der Waals surface area contributed by atoms with Crippen LogP contribution < -0.4 is 10.6 Å². The number of hydrogen-bond acceptors (Lipinski definition) is 3. The lowest BCUT2D eigenvalue weighted by Gasteiger charge is -2.21. The number of hydrogen-bond donors (Lipinski definition) is 2. The van der Waals surface area contributed by atoms with Crippen LogP contribution in [0.15, 0.2) is 91.0 Å². The van der Waals surface area contributed by atoms with E-state index >= 15 is 0 Å². The molecule has 1 heterocycles. The van der Waals surface area contributed by atoms with Gasteiger partial charge in [0, 0.05) is 24.3 Å². The number of fused-ring (bicyclic) bond motifs is 2. The molecule has 176 valence electrons. The second-order valence-corrected chi connectivity index (χ2v) is 9.05. The van der Waals surface area contributed by atoms with Crippen LogP contribution in [0.2, 0.25) is 0 Å². The summed E-state index contributed by atoms with van der Waals surface area (Å²) >= 11 is 0. The van der Waals surface area contributed by atoms with Crippen molar-refractivity contribution in [2.45, 2.75) is 32.5 Å². The Labute approximate surface area is 205 Å². The number of carbonyl (C=O) groups excluding carboxylic acids is 2. The molecule has 2 N–H and O–H groups in total. The maximum absolute atomic E-state index is 12.9. The van der Waals surface area contributed by atoms with Gasteiger partial charge in [-0.25, -0.2) is 0 Å². The lowest BCUT2D eigenvalue weighted by molar-refractivity contribution is -0.117. The fraction of sp³-hybridized carbons (Fsp3) is 0.200. The van der Waals surface area contributed by atoms with Crippen molar-refractivity contribution in [3.8, 4) is 0 Å². The number of carbonyl (C=O) groups is 2. The van der Waals surface area contributed by atoms with Crippen molar-refractivity contribution >= 4 is 28.3 Å². The molecule has 0 spiro atoms. The quantitative estimate of drug-likeness (QED) is 0.371. The van der Waals surface area contributed by atoms with E-state index in [2.05, 4.69) is 40.7 Å². The highest BCUT2D eigenvalue weighted by Crippen LogP contribution is 2.31. The molecule has 0 radical (unpaired) electrons. The second-order valence-electron chi connectivity index (χ2n) is 9.05. The van der Waals surface area contributed by atoms with Crippen LogP contribution in [0.3, 0.4) is 0 Å². The van der Waals surface area contributed by atoms with Gasteiger partial charge in [-0.3, -0.25) is 14.5 Å². The topological polar surface area (TPSA) is 61.4 Å². The average molecular weight is 464 g/mol. The van der Waals surface area contributed by atoms with Crippen molar-refractivity contribution in [3.63, 3.8) is 0 Å². The molecule has 1 atom stereocenters. The van der Waals surface area contributed by atoms with E-state index in [1.54, 1.807) is 0 Å². The number of nitrogens with one attached hydrogen (secondary N) is 2. The molecule has 0 bridgehead atoms. The number of rotatable bonds is 7. The van der Waals surface area contributed by atoms with Crippen LogP contribution in [-0.2, 0) is 17.9 Å². The first-order valence-corrected chi connectivity index (χ1v) is 12.1. The average Bonchev–Trinajstić information content (AvgIpc) is 3.29. The highest BCUT2D eigenvalue weighted by Gasteiger charge is 2.21. The minimum Gasteiger partial charge on any atom is -0.345 e. The predicted molar refractivity (Wildman–Crippen MR) is 140 cm³/mol. The van der Waals surface area contributed by atoms with Gasteiger partial charge in [-0.2, -0.15) is 0 Å². The summed E-state index contributed by atoms with van der Waals surface area (Å²) in [5.41, 5.74) is 4.94. The maximum Gasteiger partial charge on any atom is 0.251 e. The lowest BCUT2D eigenvalue weighted by Crippen LogP contribution is -2.30. The molecule has 5 heteroatoms. The number of anilines is 1. The summed E-state index contributed by atoms with van der Waals surface area (Å²) in [6, 6.07) is 29.5. The van der Waals surface area contributed by atoms with E-state index in [1.165, 1.54) is 11.1 Å². The van der Waals surface area contributed by atoms with Crippen molar-refractivity contribution in [2.24, 2.45) is 0 Å². The van der Waals surface area contributed by atoms with Crippen molar-refractivity contribution in [1.29, 1.82) is 0 Å². The molecule has 0 aliphatic carbocycles. The molecule has 0 saturated carbocycles. The van der Waals surface area contributed by atoms with Gasteiger partial charge in [0.2, 0.25) is 5.91 Å². The summed E-state index contributed by atoms with van der Waals surface area (Å²) in [6.45, 7) is 3.96. The second kappa shape index (κ2) is 10.1. The summed E-state index contributed by atoms with van der Waals surface area (Å²) in [5, 5.41) is 8.38. The molecular weight excluding hydrogens is 434 g/mol. The Morgan fingerprint density at radius 3 is 2.23 bits per heavy atom. The molecule has 0 fully saturated rings.